The molecule has 1 fully saturated rings. The second-order valence-electron chi connectivity index (χ2n) is 4.98. The van der Waals surface area contributed by atoms with Crippen molar-refractivity contribution in [1.82, 2.24) is 5.32 Å². The third-order valence-corrected chi connectivity index (χ3v) is 5.66. The summed E-state index contributed by atoms with van der Waals surface area (Å²) >= 11 is 5.42. The zero-order chi connectivity index (χ0) is 11.5. The average Bonchev–Trinajstić information content (AvgIpc) is 2.64. The Bertz CT molecular complexity index is 326. The maximum atomic E-state index is 3.74. The van der Waals surface area contributed by atoms with Gasteiger partial charge in [0.1, 0.15) is 0 Å². The summed E-state index contributed by atoms with van der Waals surface area (Å²) in [4.78, 5) is 1.42. The summed E-state index contributed by atoms with van der Waals surface area (Å²) in [6.45, 7) is 5.78. The third-order valence-electron chi connectivity index (χ3n) is 3.73. The summed E-state index contributed by atoms with van der Waals surface area (Å²) in [6.07, 6.45) is 4.17. The first-order valence-corrected chi connectivity index (χ1v) is 7.81. The summed E-state index contributed by atoms with van der Waals surface area (Å²) in [5.41, 5.74) is 0. The maximum Gasteiger partial charge on any atom is 0.0327 e. The van der Waals surface area contributed by atoms with Crippen molar-refractivity contribution in [1.29, 1.82) is 0 Å². The van der Waals surface area contributed by atoms with Gasteiger partial charge in [-0.2, -0.15) is 0 Å². The second-order valence-corrected chi connectivity index (χ2v) is 6.84. The number of halogens is 1. The Morgan fingerprint density at radius 3 is 2.62 bits per heavy atom. The molecule has 2 atom stereocenters. The van der Waals surface area contributed by atoms with Gasteiger partial charge in [-0.3, -0.25) is 0 Å². The van der Waals surface area contributed by atoms with Gasteiger partial charge in [0.2, 0.25) is 0 Å². The van der Waals surface area contributed by atoms with Crippen LogP contribution in [-0.2, 0) is 6.54 Å². The standard InChI is InChI=1S/C13H20BrNS/c1-9-4-3-5-10(2)13(9)15-8-12-11(14)6-7-16-12/h6-7,9-10,13,15H,3-5,8H2,1-2H3. The Balaban J connectivity index is 1.91. The first-order chi connectivity index (χ1) is 7.68. The van der Waals surface area contributed by atoms with Crippen LogP contribution in [-0.4, -0.2) is 6.04 Å². The fourth-order valence-corrected chi connectivity index (χ4v) is 4.19. The highest BCUT2D eigenvalue weighted by Gasteiger charge is 2.27. The lowest BCUT2D eigenvalue weighted by atomic mass is 9.79. The lowest BCUT2D eigenvalue weighted by Crippen LogP contribution is -2.42. The van der Waals surface area contributed by atoms with Crippen LogP contribution in [0.1, 0.15) is 38.0 Å². The van der Waals surface area contributed by atoms with Gasteiger partial charge in [0.15, 0.2) is 0 Å². The molecular formula is C13H20BrNS. The highest BCUT2D eigenvalue weighted by Crippen LogP contribution is 2.30. The molecule has 0 aromatic carbocycles. The molecular weight excluding hydrogens is 282 g/mol. The van der Waals surface area contributed by atoms with Crippen LogP contribution in [0.4, 0.5) is 0 Å². The van der Waals surface area contributed by atoms with Crippen molar-refractivity contribution < 1.29 is 0 Å². The molecule has 2 rings (SSSR count). The van der Waals surface area contributed by atoms with Gasteiger partial charge < -0.3 is 5.32 Å². The highest BCUT2D eigenvalue weighted by molar-refractivity contribution is 9.10. The van der Waals surface area contributed by atoms with E-state index in [1.165, 1.54) is 28.6 Å². The lowest BCUT2D eigenvalue weighted by molar-refractivity contribution is 0.208. The Morgan fingerprint density at radius 2 is 2.06 bits per heavy atom. The monoisotopic (exact) mass is 301 g/mol. The largest absolute Gasteiger partial charge is 0.309 e. The number of hydrogen-bond acceptors (Lipinski definition) is 2. The molecule has 3 heteroatoms. The molecule has 1 aliphatic rings. The molecule has 1 aliphatic carbocycles. The van der Waals surface area contributed by atoms with Crippen molar-refractivity contribution in [2.75, 3.05) is 0 Å². The first kappa shape index (κ1) is 12.6. The zero-order valence-electron chi connectivity index (χ0n) is 10.0. The van der Waals surface area contributed by atoms with Crippen molar-refractivity contribution in [2.24, 2.45) is 11.8 Å². The highest BCUT2D eigenvalue weighted by atomic mass is 79.9. The number of rotatable bonds is 3. The predicted octanol–water partition coefficient (Wildman–Crippen LogP) is 4.42. The molecule has 0 spiro atoms. The van der Waals surface area contributed by atoms with E-state index in [1.807, 2.05) is 11.3 Å². The van der Waals surface area contributed by atoms with Gasteiger partial charge in [-0.15, -0.1) is 11.3 Å². The van der Waals surface area contributed by atoms with Gasteiger partial charge in [-0.1, -0.05) is 20.3 Å². The van der Waals surface area contributed by atoms with Crippen LogP contribution in [0.5, 0.6) is 0 Å². The Hall–Kier alpha value is 0.140. The minimum atomic E-state index is 0.697. The molecule has 0 aliphatic heterocycles. The molecule has 0 amide bonds. The van der Waals surface area contributed by atoms with E-state index in [1.54, 1.807) is 0 Å². The topological polar surface area (TPSA) is 12.0 Å². The fourth-order valence-electron chi connectivity index (χ4n) is 2.75. The summed E-state index contributed by atoms with van der Waals surface area (Å²) < 4.78 is 1.25. The summed E-state index contributed by atoms with van der Waals surface area (Å²) in [5, 5.41) is 5.89. The van der Waals surface area contributed by atoms with E-state index in [0.717, 1.165) is 18.4 Å². The van der Waals surface area contributed by atoms with E-state index in [9.17, 15) is 0 Å². The fraction of sp³-hybridized carbons (Fsp3) is 0.692. The SMILES string of the molecule is CC1CCCC(C)C1NCc1sccc1Br. The van der Waals surface area contributed by atoms with E-state index in [0.29, 0.717) is 6.04 Å². The van der Waals surface area contributed by atoms with Crippen LogP contribution in [0.3, 0.4) is 0 Å². The van der Waals surface area contributed by atoms with Crippen molar-refractivity contribution >= 4 is 27.3 Å². The Morgan fingerprint density at radius 1 is 1.38 bits per heavy atom. The smallest absolute Gasteiger partial charge is 0.0327 e. The van der Waals surface area contributed by atoms with Crippen molar-refractivity contribution in [3.63, 3.8) is 0 Å². The molecule has 2 unspecified atom stereocenters. The second kappa shape index (κ2) is 5.65. The van der Waals surface area contributed by atoms with Crippen LogP contribution in [0.2, 0.25) is 0 Å². The van der Waals surface area contributed by atoms with Gasteiger partial charge in [0, 0.05) is 21.9 Å². The van der Waals surface area contributed by atoms with Crippen molar-refractivity contribution in [3.8, 4) is 0 Å². The molecule has 1 aromatic rings. The summed E-state index contributed by atoms with van der Waals surface area (Å²) in [5.74, 6) is 1.64. The van der Waals surface area contributed by atoms with Crippen molar-refractivity contribution in [3.05, 3.63) is 20.8 Å². The van der Waals surface area contributed by atoms with Crippen LogP contribution in [0.15, 0.2) is 15.9 Å². The molecule has 1 nitrogen and oxygen atoms in total. The van der Waals surface area contributed by atoms with Crippen LogP contribution in [0, 0.1) is 11.8 Å². The van der Waals surface area contributed by atoms with Crippen LogP contribution < -0.4 is 5.32 Å². The quantitative estimate of drug-likeness (QED) is 0.871. The van der Waals surface area contributed by atoms with E-state index >= 15 is 0 Å². The van der Waals surface area contributed by atoms with Crippen LogP contribution >= 0.6 is 27.3 Å². The minimum Gasteiger partial charge on any atom is -0.309 e. The molecule has 0 bridgehead atoms. The lowest BCUT2D eigenvalue weighted by Gasteiger charge is -2.35. The zero-order valence-corrected chi connectivity index (χ0v) is 12.4. The number of hydrogen-bond donors (Lipinski definition) is 1. The first-order valence-electron chi connectivity index (χ1n) is 6.13. The van der Waals surface area contributed by atoms with E-state index < -0.39 is 0 Å². The molecule has 0 radical (unpaired) electrons. The molecule has 90 valence electrons. The van der Waals surface area contributed by atoms with Gasteiger partial charge in [-0.25, -0.2) is 0 Å². The summed E-state index contributed by atoms with van der Waals surface area (Å²) in [7, 11) is 0. The minimum absolute atomic E-state index is 0.697. The van der Waals surface area contributed by atoms with Gasteiger partial charge in [0.25, 0.3) is 0 Å². The van der Waals surface area contributed by atoms with Crippen molar-refractivity contribution in [2.45, 2.75) is 45.7 Å². The molecule has 0 saturated heterocycles. The molecule has 1 N–H and O–H groups in total. The van der Waals surface area contributed by atoms with E-state index in [-0.39, 0.29) is 0 Å². The Kier molecular flexibility index (Phi) is 4.45. The maximum absolute atomic E-state index is 3.74. The van der Waals surface area contributed by atoms with Crippen LogP contribution in [0.25, 0.3) is 0 Å². The molecule has 1 saturated carbocycles. The van der Waals surface area contributed by atoms with E-state index in [4.69, 9.17) is 0 Å². The van der Waals surface area contributed by atoms with Gasteiger partial charge in [-0.05, 0) is 52.1 Å². The third kappa shape index (κ3) is 2.88. The molecule has 1 heterocycles. The van der Waals surface area contributed by atoms with Gasteiger partial charge in [0.05, 0.1) is 0 Å². The predicted molar refractivity (Wildman–Crippen MR) is 74.8 cm³/mol. The molecule has 1 aromatic heterocycles. The Labute approximate surface area is 111 Å². The normalized spacial score (nSPS) is 30.6. The number of thiophene rings is 1. The van der Waals surface area contributed by atoms with E-state index in [2.05, 4.69) is 46.5 Å². The molecule has 16 heavy (non-hydrogen) atoms. The summed E-state index contributed by atoms with van der Waals surface area (Å²) in [6, 6.07) is 2.83. The average molecular weight is 302 g/mol. The number of nitrogens with one attached hydrogen (secondary N) is 1. The van der Waals surface area contributed by atoms with Gasteiger partial charge >= 0.3 is 0 Å².